The summed E-state index contributed by atoms with van der Waals surface area (Å²) in [6.07, 6.45) is 0.632. The molecule has 7 heteroatoms. The Hall–Kier alpha value is -2.70. The number of ether oxygens (including phenoxy) is 1. The third-order valence-corrected chi connectivity index (χ3v) is 5.52. The van der Waals surface area contributed by atoms with Crippen LogP contribution in [0.25, 0.3) is 10.8 Å². The summed E-state index contributed by atoms with van der Waals surface area (Å²) in [6, 6.07) is 21.9. The number of benzene rings is 3. The van der Waals surface area contributed by atoms with E-state index in [1.807, 2.05) is 24.3 Å². The smallest absolute Gasteiger partial charge is 0.209 e. The zero-order valence-electron chi connectivity index (χ0n) is 15.1. The molecule has 0 aliphatic rings. The second-order valence-electron chi connectivity index (χ2n) is 6.23. The number of hydrogen-bond donors (Lipinski definition) is 1. The molecule has 0 radical (unpaired) electrons. The van der Waals surface area contributed by atoms with Crippen molar-refractivity contribution in [2.75, 3.05) is 18.2 Å². The average molecular weight is 411 g/mol. The van der Waals surface area contributed by atoms with Crippen LogP contribution in [0.5, 0.6) is 5.75 Å². The van der Waals surface area contributed by atoms with Gasteiger partial charge in [-0.25, -0.2) is 4.68 Å². The van der Waals surface area contributed by atoms with Crippen LogP contribution in [0.4, 0.5) is 0 Å². The number of thioether (sulfide) groups is 1. The quantitative estimate of drug-likeness (QED) is 0.275. The second-order valence-corrected chi connectivity index (χ2v) is 7.73. The van der Waals surface area contributed by atoms with Gasteiger partial charge in [-0.2, -0.15) is 0 Å². The van der Waals surface area contributed by atoms with Gasteiger partial charge in [0.2, 0.25) is 5.16 Å². The first-order valence-electron chi connectivity index (χ1n) is 8.88. The van der Waals surface area contributed by atoms with Crippen molar-refractivity contribution in [3.8, 4) is 5.75 Å². The summed E-state index contributed by atoms with van der Waals surface area (Å²) in [6.45, 7) is 0.539. The van der Waals surface area contributed by atoms with Crippen molar-refractivity contribution in [2.24, 2.45) is 0 Å². The largest absolute Gasteiger partial charge is 0.493 e. The Labute approximate surface area is 172 Å². The molecule has 2 N–H and O–H groups in total. The molecule has 4 rings (SSSR count). The van der Waals surface area contributed by atoms with Crippen LogP contribution in [0, 0.1) is 0 Å². The first-order chi connectivity index (χ1) is 13.7. The van der Waals surface area contributed by atoms with Crippen LogP contribution in [-0.4, -0.2) is 27.2 Å². The van der Waals surface area contributed by atoms with Crippen LogP contribution in [0.3, 0.4) is 0 Å². The van der Waals surface area contributed by atoms with Crippen LogP contribution in [0.2, 0.25) is 5.02 Å². The molecule has 4 aromatic rings. The minimum atomic E-state index is 0.539. The topological polar surface area (TPSA) is 66.0 Å². The summed E-state index contributed by atoms with van der Waals surface area (Å²) in [7, 11) is 0. The van der Waals surface area contributed by atoms with Crippen LogP contribution in [-0.2, 0) is 6.42 Å². The van der Waals surface area contributed by atoms with Crippen molar-refractivity contribution < 1.29 is 4.74 Å². The molecule has 0 unspecified atom stereocenters. The molecule has 3 aromatic carbocycles. The van der Waals surface area contributed by atoms with Gasteiger partial charge in [0.25, 0.3) is 0 Å². The maximum absolute atomic E-state index is 6.22. The van der Waals surface area contributed by atoms with Crippen molar-refractivity contribution in [3.63, 3.8) is 0 Å². The number of aromatic nitrogens is 3. The Morgan fingerprint density at radius 3 is 2.61 bits per heavy atom. The molecule has 28 heavy (non-hydrogen) atoms. The molecule has 0 saturated heterocycles. The lowest BCUT2D eigenvalue weighted by Crippen LogP contribution is -2.15. The molecule has 0 aliphatic heterocycles. The van der Waals surface area contributed by atoms with Crippen LogP contribution in [0.15, 0.2) is 71.9 Å². The minimum Gasteiger partial charge on any atom is -0.493 e. The Morgan fingerprint density at radius 2 is 1.75 bits per heavy atom. The van der Waals surface area contributed by atoms with Gasteiger partial charge < -0.3 is 10.6 Å². The van der Waals surface area contributed by atoms with Gasteiger partial charge in [0.15, 0.2) is 5.82 Å². The summed E-state index contributed by atoms with van der Waals surface area (Å²) in [4.78, 5) is 0. The highest BCUT2D eigenvalue weighted by atomic mass is 35.5. The molecule has 0 saturated carbocycles. The highest BCUT2D eigenvalue weighted by molar-refractivity contribution is 7.99. The molecule has 0 fully saturated rings. The first kappa shape index (κ1) is 18.7. The third kappa shape index (κ3) is 4.24. The molecular formula is C21H19ClN4OS. The molecule has 0 spiro atoms. The normalized spacial score (nSPS) is 11.0. The fourth-order valence-electron chi connectivity index (χ4n) is 2.97. The van der Waals surface area contributed by atoms with Crippen molar-refractivity contribution in [2.45, 2.75) is 11.6 Å². The number of nitrogens with two attached hydrogens (primary N) is 1. The minimum absolute atomic E-state index is 0.539. The average Bonchev–Trinajstić information content (AvgIpc) is 3.06. The summed E-state index contributed by atoms with van der Waals surface area (Å²) in [5.41, 5.74) is 1.18. The molecule has 0 atom stereocenters. The van der Waals surface area contributed by atoms with Gasteiger partial charge >= 0.3 is 0 Å². The highest BCUT2D eigenvalue weighted by Crippen LogP contribution is 2.22. The van der Waals surface area contributed by atoms with E-state index in [0.717, 1.165) is 11.6 Å². The number of nitrogens with zero attached hydrogens (tertiary/aromatic N) is 3. The van der Waals surface area contributed by atoms with Crippen molar-refractivity contribution in [1.82, 2.24) is 14.9 Å². The van der Waals surface area contributed by atoms with Crippen LogP contribution in [0.1, 0.15) is 11.4 Å². The van der Waals surface area contributed by atoms with E-state index in [1.54, 1.807) is 16.8 Å². The van der Waals surface area contributed by atoms with E-state index >= 15 is 0 Å². The molecule has 1 heterocycles. The summed E-state index contributed by atoms with van der Waals surface area (Å²) in [5, 5.41) is 12.3. The van der Waals surface area contributed by atoms with Gasteiger partial charge in [0.1, 0.15) is 5.75 Å². The number of fused-ring (bicyclic) bond motifs is 1. The van der Waals surface area contributed by atoms with Crippen LogP contribution >= 0.6 is 23.4 Å². The highest BCUT2D eigenvalue weighted by Gasteiger charge is 2.12. The van der Waals surface area contributed by atoms with Gasteiger partial charge in [0.05, 0.1) is 6.61 Å². The van der Waals surface area contributed by atoms with Gasteiger partial charge in [0, 0.05) is 17.2 Å². The molecule has 0 amide bonds. The van der Waals surface area contributed by atoms with Crippen molar-refractivity contribution >= 4 is 34.1 Å². The molecular weight excluding hydrogens is 392 g/mol. The lowest BCUT2D eigenvalue weighted by molar-refractivity contribution is 0.344. The lowest BCUT2D eigenvalue weighted by Gasteiger charge is -2.07. The van der Waals surface area contributed by atoms with E-state index in [-0.39, 0.29) is 0 Å². The predicted molar refractivity (Wildman–Crippen MR) is 115 cm³/mol. The van der Waals surface area contributed by atoms with E-state index in [0.29, 0.717) is 29.0 Å². The molecule has 5 nitrogen and oxygen atoms in total. The number of rotatable bonds is 7. The molecule has 0 bridgehead atoms. The summed E-state index contributed by atoms with van der Waals surface area (Å²) in [5.74, 6) is 8.46. The van der Waals surface area contributed by atoms with Gasteiger partial charge in [-0.15, -0.1) is 10.2 Å². The summed E-state index contributed by atoms with van der Waals surface area (Å²) >= 11 is 7.39. The van der Waals surface area contributed by atoms with E-state index < -0.39 is 0 Å². The van der Waals surface area contributed by atoms with Crippen LogP contribution < -0.4 is 10.6 Å². The fourth-order valence-corrected chi connectivity index (χ4v) is 3.78. The number of halogens is 1. The second kappa shape index (κ2) is 8.54. The zero-order valence-corrected chi connectivity index (χ0v) is 16.7. The monoisotopic (exact) mass is 410 g/mol. The lowest BCUT2D eigenvalue weighted by atomic mass is 10.0. The molecule has 1 aromatic heterocycles. The number of hydrogen-bond acceptors (Lipinski definition) is 5. The van der Waals surface area contributed by atoms with Gasteiger partial charge in [-0.3, -0.25) is 0 Å². The van der Waals surface area contributed by atoms with E-state index in [9.17, 15) is 0 Å². The van der Waals surface area contributed by atoms with E-state index in [1.165, 1.54) is 28.1 Å². The van der Waals surface area contributed by atoms with E-state index in [4.69, 9.17) is 22.2 Å². The van der Waals surface area contributed by atoms with Gasteiger partial charge in [-0.05, 0) is 40.6 Å². The Kier molecular flexibility index (Phi) is 5.69. The number of nitrogen functional groups attached to an aromatic ring is 1. The Morgan fingerprint density at radius 1 is 0.964 bits per heavy atom. The summed E-state index contributed by atoms with van der Waals surface area (Å²) < 4.78 is 7.26. The fraction of sp³-hybridized carbons (Fsp3) is 0.143. The Balaban J connectivity index is 1.38. The van der Waals surface area contributed by atoms with E-state index in [2.05, 4.69) is 40.5 Å². The van der Waals surface area contributed by atoms with Crippen molar-refractivity contribution in [1.29, 1.82) is 0 Å². The maximum atomic E-state index is 6.22. The SMILES string of the molecule is Nn1c(Cc2cccc3ccccc23)nnc1SCCOc1ccc(Cl)cc1. The Bertz CT molecular complexity index is 1080. The first-order valence-corrected chi connectivity index (χ1v) is 10.2. The third-order valence-electron chi connectivity index (χ3n) is 4.36. The predicted octanol–water partition coefficient (Wildman–Crippen LogP) is 4.56. The van der Waals surface area contributed by atoms with Crippen molar-refractivity contribution in [3.05, 3.63) is 83.1 Å². The molecule has 142 valence electrons. The van der Waals surface area contributed by atoms with Gasteiger partial charge in [-0.1, -0.05) is 65.8 Å². The molecule has 0 aliphatic carbocycles. The maximum Gasteiger partial charge on any atom is 0.209 e. The zero-order chi connectivity index (χ0) is 19.3. The standard InChI is InChI=1S/C21H19ClN4OS/c22-17-8-10-18(11-9-17)27-12-13-28-21-25-24-20(26(21)23)14-16-6-3-5-15-4-1-2-7-19(15)16/h1-11H,12-14,23H2.